The summed E-state index contributed by atoms with van der Waals surface area (Å²) < 4.78 is 13.3. The maximum absolute atomic E-state index is 13.3. The Labute approximate surface area is 78.5 Å². The van der Waals surface area contributed by atoms with Gasteiger partial charge in [-0.15, -0.1) is 0 Å². The lowest BCUT2D eigenvalue weighted by atomic mass is 9.94. The Morgan fingerprint density at radius 1 is 1.62 bits per heavy atom. The molecule has 2 atom stereocenters. The summed E-state index contributed by atoms with van der Waals surface area (Å²) in [6.45, 7) is 3.78. The topological polar surface area (TPSA) is 24.8 Å². The standard InChI is InChI=1S/C9H17FN2O/c1-4-7-5-12(2)6-8(7)9(10)11-13-3/h7-8H,4-6H2,1-3H3/b11-9-. The molecule has 0 bridgehead atoms. The van der Waals surface area contributed by atoms with Gasteiger partial charge in [-0.3, -0.25) is 0 Å². The van der Waals surface area contributed by atoms with Crippen molar-refractivity contribution in [3.63, 3.8) is 0 Å². The number of rotatable bonds is 3. The summed E-state index contributed by atoms with van der Waals surface area (Å²) in [7, 11) is 3.38. The van der Waals surface area contributed by atoms with E-state index in [4.69, 9.17) is 0 Å². The molecule has 1 heterocycles. The minimum Gasteiger partial charge on any atom is -0.397 e. The molecule has 1 aliphatic heterocycles. The van der Waals surface area contributed by atoms with Crippen LogP contribution in [0.4, 0.5) is 4.39 Å². The van der Waals surface area contributed by atoms with Crippen LogP contribution in [0.25, 0.3) is 0 Å². The monoisotopic (exact) mass is 188 g/mol. The summed E-state index contributed by atoms with van der Waals surface area (Å²) in [4.78, 5) is 6.57. The van der Waals surface area contributed by atoms with E-state index in [0.29, 0.717) is 5.92 Å². The van der Waals surface area contributed by atoms with E-state index in [1.165, 1.54) is 7.11 Å². The summed E-state index contributed by atoms with van der Waals surface area (Å²) in [5.74, 6) is -0.0578. The van der Waals surface area contributed by atoms with E-state index in [0.717, 1.165) is 19.5 Å². The van der Waals surface area contributed by atoms with Crippen LogP contribution in [-0.4, -0.2) is 38.1 Å². The van der Waals surface area contributed by atoms with Crippen molar-refractivity contribution >= 4 is 5.97 Å². The third kappa shape index (κ3) is 2.40. The molecule has 3 nitrogen and oxygen atoms in total. The van der Waals surface area contributed by atoms with Crippen LogP contribution in [0.15, 0.2) is 5.16 Å². The van der Waals surface area contributed by atoms with Crippen LogP contribution in [0, 0.1) is 11.8 Å². The van der Waals surface area contributed by atoms with E-state index < -0.39 is 0 Å². The van der Waals surface area contributed by atoms with Crippen molar-refractivity contribution < 1.29 is 9.23 Å². The van der Waals surface area contributed by atoms with Gasteiger partial charge in [-0.1, -0.05) is 18.5 Å². The molecule has 1 fully saturated rings. The first kappa shape index (κ1) is 10.4. The molecule has 1 saturated heterocycles. The van der Waals surface area contributed by atoms with E-state index >= 15 is 0 Å². The van der Waals surface area contributed by atoms with Gasteiger partial charge in [-0.2, -0.15) is 4.39 Å². The van der Waals surface area contributed by atoms with Crippen LogP contribution >= 0.6 is 0 Å². The average Bonchev–Trinajstić information content (AvgIpc) is 2.47. The van der Waals surface area contributed by atoms with Crippen LogP contribution in [0.1, 0.15) is 13.3 Å². The smallest absolute Gasteiger partial charge is 0.231 e. The first-order valence-corrected chi connectivity index (χ1v) is 4.64. The van der Waals surface area contributed by atoms with Crippen molar-refractivity contribution in [2.75, 3.05) is 27.2 Å². The third-order valence-corrected chi connectivity index (χ3v) is 2.63. The Morgan fingerprint density at radius 2 is 2.31 bits per heavy atom. The summed E-state index contributed by atoms with van der Waals surface area (Å²) in [6, 6.07) is 0. The number of halogens is 1. The summed E-state index contributed by atoms with van der Waals surface area (Å²) in [5.41, 5.74) is 0. The molecule has 0 aliphatic carbocycles. The Hall–Kier alpha value is -0.640. The second-order valence-electron chi connectivity index (χ2n) is 3.59. The largest absolute Gasteiger partial charge is 0.397 e. The highest BCUT2D eigenvalue weighted by Crippen LogP contribution is 2.26. The minimum atomic E-state index is -0.362. The predicted octanol–water partition coefficient (Wildman–Crippen LogP) is 1.50. The van der Waals surface area contributed by atoms with Crippen LogP contribution in [0.2, 0.25) is 0 Å². The molecule has 1 rings (SSSR count). The number of likely N-dealkylation sites (tertiary alicyclic amines) is 1. The van der Waals surface area contributed by atoms with Crippen molar-refractivity contribution in [3.05, 3.63) is 0 Å². The maximum Gasteiger partial charge on any atom is 0.231 e. The van der Waals surface area contributed by atoms with Gasteiger partial charge in [0.25, 0.3) is 0 Å². The fourth-order valence-corrected chi connectivity index (χ4v) is 1.93. The number of hydrogen-bond donors (Lipinski definition) is 0. The maximum atomic E-state index is 13.3. The lowest BCUT2D eigenvalue weighted by Gasteiger charge is -2.12. The quantitative estimate of drug-likeness (QED) is 0.495. The normalized spacial score (nSPS) is 30.9. The molecule has 0 N–H and O–H groups in total. The average molecular weight is 188 g/mol. The van der Waals surface area contributed by atoms with Crippen molar-refractivity contribution in [3.8, 4) is 0 Å². The highest BCUT2D eigenvalue weighted by atomic mass is 19.1. The van der Waals surface area contributed by atoms with Gasteiger partial charge in [0, 0.05) is 19.0 Å². The molecule has 1 aliphatic rings. The first-order chi connectivity index (χ1) is 6.19. The fraction of sp³-hybridized carbons (Fsp3) is 0.889. The highest BCUT2D eigenvalue weighted by molar-refractivity contribution is 5.77. The van der Waals surface area contributed by atoms with E-state index in [-0.39, 0.29) is 11.9 Å². The lowest BCUT2D eigenvalue weighted by molar-refractivity contribution is 0.204. The van der Waals surface area contributed by atoms with Crippen molar-refractivity contribution in [2.45, 2.75) is 13.3 Å². The molecule has 0 aromatic carbocycles. The zero-order valence-corrected chi connectivity index (χ0v) is 8.46. The zero-order valence-electron chi connectivity index (χ0n) is 8.46. The van der Waals surface area contributed by atoms with Crippen molar-refractivity contribution in [2.24, 2.45) is 17.0 Å². The van der Waals surface area contributed by atoms with Gasteiger partial charge in [0.1, 0.15) is 7.11 Å². The molecule has 0 saturated carbocycles. The SMILES string of the molecule is CCC1CN(C)CC1/C(F)=N/OC. The van der Waals surface area contributed by atoms with E-state index in [1.807, 2.05) is 7.05 Å². The van der Waals surface area contributed by atoms with Gasteiger partial charge in [-0.05, 0) is 13.0 Å². The molecule has 0 amide bonds. The summed E-state index contributed by atoms with van der Waals surface area (Å²) >= 11 is 0. The predicted molar refractivity (Wildman–Crippen MR) is 50.3 cm³/mol. The molecule has 0 radical (unpaired) electrons. The molecule has 4 heteroatoms. The Morgan fingerprint density at radius 3 is 2.85 bits per heavy atom. The Balaban J connectivity index is 2.62. The molecule has 76 valence electrons. The third-order valence-electron chi connectivity index (χ3n) is 2.63. The summed E-state index contributed by atoms with van der Waals surface area (Å²) in [5, 5.41) is 3.36. The van der Waals surface area contributed by atoms with Crippen LogP contribution in [-0.2, 0) is 4.84 Å². The second kappa shape index (κ2) is 4.56. The fourth-order valence-electron chi connectivity index (χ4n) is 1.93. The first-order valence-electron chi connectivity index (χ1n) is 4.64. The van der Waals surface area contributed by atoms with Gasteiger partial charge in [0.15, 0.2) is 0 Å². The van der Waals surface area contributed by atoms with E-state index in [9.17, 15) is 4.39 Å². The molecular weight excluding hydrogens is 171 g/mol. The van der Waals surface area contributed by atoms with Crippen LogP contribution in [0.5, 0.6) is 0 Å². The summed E-state index contributed by atoms with van der Waals surface area (Å²) in [6.07, 6.45) is 0.988. The van der Waals surface area contributed by atoms with Gasteiger partial charge < -0.3 is 9.74 Å². The van der Waals surface area contributed by atoms with E-state index in [2.05, 4.69) is 21.8 Å². The minimum absolute atomic E-state index is 0.0741. The highest BCUT2D eigenvalue weighted by Gasteiger charge is 2.34. The molecule has 0 aromatic rings. The molecular formula is C9H17FN2O. The molecule has 13 heavy (non-hydrogen) atoms. The van der Waals surface area contributed by atoms with Crippen LogP contribution < -0.4 is 0 Å². The van der Waals surface area contributed by atoms with E-state index in [1.54, 1.807) is 0 Å². The molecule has 0 aromatic heterocycles. The Bertz CT molecular complexity index is 196. The number of oxime groups is 1. The molecule has 2 unspecified atom stereocenters. The second-order valence-corrected chi connectivity index (χ2v) is 3.59. The molecule has 0 spiro atoms. The van der Waals surface area contributed by atoms with Gasteiger partial charge in [0.05, 0.1) is 0 Å². The number of nitrogens with zero attached hydrogens (tertiary/aromatic N) is 2. The number of hydrogen-bond acceptors (Lipinski definition) is 3. The van der Waals surface area contributed by atoms with Crippen LogP contribution in [0.3, 0.4) is 0 Å². The van der Waals surface area contributed by atoms with Gasteiger partial charge >= 0.3 is 0 Å². The van der Waals surface area contributed by atoms with Crippen molar-refractivity contribution in [1.82, 2.24) is 4.90 Å². The Kier molecular flexibility index (Phi) is 3.66. The van der Waals surface area contributed by atoms with Crippen molar-refractivity contribution in [1.29, 1.82) is 0 Å². The zero-order chi connectivity index (χ0) is 9.84. The van der Waals surface area contributed by atoms with Gasteiger partial charge in [-0.25, -0.2) is 0 Å². The lowest BCUT2D eigenvalue weighted by Crippen LogP contribution is -2.19. The van der Waals surface area contributed by atoms with Gasteiger partial charge in [0.2, 0.25) is 5.97 Å².